The molecule has 2 rings (SSSR count). The number of carbonyl (C=O) groups is 2. The molecule has 0 radical (unpaired) electrons. The van der Waals surface area contributed by atoms with Gasteiger partial charge in [-0.25, -0.2) is 8.42 Å². The molecule has 0 saturated carbocycles. The molecule has 2 amide bonds. The first-order valence-corrected chi connectivity index (χ1v) is 12.0. The highest BCUT2D eigenvalue weighted by Crippen LogP contribution is 2.33. The molecule has 10 heteroatoms. The minimum Gasteiger partial charge on any atom is -0.357 e. The molecule has 0 aliphatic heterocycles. The van der Waals surface area contributed by atoms with E-state index in [4.69, 9.17) is 23.2 Å². The zero-order valence-corrected chi connectivity index (χ0v) is 20.1. The molecule has 0 heterocycles. The first-order valence-electron chi connectivity index (χ1n) is 9.44. The van der Waals surface area contributed by atoms with Gasteiger partial charge in [-0.3, -0.25) is 13.9 Å². The van der Waals surface area contributed by atoms with E-state index in [0.717, 1.165) is 21.7 Å². The third-order valence-electron chi connectivity index (χ3n) is 4.77. The van der Waals surface area contributed by atoms with Gasteiger partial charge in [-0.2, -0.15) is 0 Å². The molecular formula is C21H25Cl2N3O4S. The van der Waals surface area contributed by atoms with Gasteiger partial charge in [0.25, 0.3) is 0 Å². The van der Waals surface area contributed by atoms with Crippen LogP contribution in [0.15, 0.2) is 42.5 Å². The van der Waals surface area contributed by atoms with Crippen LogP contribution in [0.25, 0.3) is 0 Å². The predicted octanol–water partition coefficient (Wildman–Crippen LogP) is 3.23. The van der Waals surface area contributed by atoms with Crippen molar-refractivity contribution >= 4 is 50.7 Å². The number of hydrogen-bond acceptors (Lipinski definition) is 4. The van der Waals surface area contributed by atoms with Crippen molar-refractivity contribution in [3.05, 3.63) is 63.6 Å². The molecule has 1 N–H and O–H groups in total. The molecule has 0 bridgehead atoms. The molecule has 0 aliphatic carbocycles. The van der Waals surface area contributed by atoms with E-state index in [2.05, 4.69) is 5.32 Å². The highest BCUT2D eigenvalue weighted by Gasteiger charge is 2.30. The van der Waals surface area contributed by atoms with E-state index in [0.29, 0.717) is 0 Å². The van der Waals surface area contributed by atoms with Crippen molar-refractivity contribution in [2.75, 3.05) is 24.2 Å². The summed E-state index contributed by atoms with van der Waals surface area (Å²) in [6, 6.07) is 11.2. The van der Waals surface area contributed by atoms with Crippen LogP contribution in [0.1, 0.15) is 18.1 Å². The summed E-state index contributed by atoms with van der Waals surface area (Å²) in [5, 5.41) is 2.71. The number of rotatable bonds is 8. The average molecular weight is 486 g/mol. The fourth-order valence-corrected chi connectivity index (χ4v) is 4.26. The maximum atomic E-state index is 13.3. The summed E-state index contributed by atoms with van der Waals surface area (Å²) in [5.41, 5.74) is 1.95. The number of amides is 2. The molecule has 0 fully saturated rings. The normalized spacial score (nSPS) is 12.2. The van der Waals surface area contributed by atoms with E-state index in [1.54, 1.807) is 13.0 Å². The Hall–Kier alpha value is -2.29. The van der Waals surface area contributed by atoms with E-state index in [-0.39, 0.29) is 28.2 Å². The summed E-state index contributed by atoms with van der Waals surface area (Å²) in [5.74, 6) is -0.926. The third kappa shape index (κ3) is 6.35. The number of aryl methyl sites for hydroxylation is 1. The molecule has 1 unspecified atom stereocenters. The van der Waals surface area contributed by atoms with Crippen LogP contribution < -0.4 is 9.62 Å². The van der Waals surface area contributed by atoms with Crippen LogP contribution in [0, 0.1) is 6.92 Å². The van der Waals surface area contributed by atoms with Crippen LogP contribution >= 0.6 is 23.2 Å². The van der Waals surface area contributed by atoms with Crippen molar-refractivity contribution in [3.63, 3.8) is 0 Å². The predicted molar refractivity (Wildman–Crippen MR) is 124 cm³/mol. The van der Waals surface area contributed by atoms with Crippen molar-refractivity contribution in [1.29, 1.82) is 0 Å². The highest BCUT2D eigenvalue weighted by atomic mass is 35.5. The Morgan fingerprint density at radius 3 is 2.26 bits per heavy atom. The molecule has 2 aromatic carbocycles. The van der Waals surface area contributed by atoms with Crippen LogP contribution in [-0.2, 0) is 26.2 Å². The van der Waals surface area contributed by atoms with E-state index in [9.17, 15) is 18.0 Å². The number of anilines is 1. The van der Waals surface area contributed by atoms with Crippen LogP contribution in [0.5, 0.6) is 0 Å². The SMILES string of the molecule is CNC(=O)C(C)N(Cc1ccc(C)cc1)C(=O)CN(c1cccc(Cl)c1Cl)S(C)(=O)=O. The molecule has 2 aromatic rings. The van der Waals surface area contributed by atoms with Gasteiger partial charge in [0.1, 0.15) is 12.6 Å². The fourth-order valence-electron chi connectivity index (χ4n) is 2.96. The van der Waals surface area contributed by atoms with Gasteiger partial charge in [0.15, 0.2) is 0 Å². The molecule has 0 saturated heterocycles. The van der Waals surface area contributed by atoms with Crippen LogP contribution in [0.3, 0.4) is 0 Å². The summed E-state index contributed by atoms with van der Waals surface area (Å²) in [6.45, 7) is 3.13. The molecule has 0 aromatic heterocycles. The lowest BCUT2D eigenvalue weighted by Crippen LogP contribution is -2.50. The zero-order chi connectivity index (χ0) is 23.3. The molecule has 0 aliphatic rings. The van der Waals surface area contributed by atoms with E-state index < -0.39 is 28.5 Å². The number of likely N-dealkylation sites (N-methyl/N-ethyl adjacent to an activating group) is 1. The van der Waals surface area contributed by atoms with Crippen molar-refractivity contribution in [1.82, 2.24) is 10.2 Å². The standard InChI is InChI=1S/C21H25Cl2N3O4S/c1-14-8-10-16(11-9-14)12-25(15(2)21(28)24-3)19(27)13-26(31(4,29)30)18-7-5-6-17(22)20(18)23/h5-11,15H,12-13H2,1-4H3,(H,24,28). The average Bonchev–Trinajstić information content (AvgIpc) is 2.71. The third-order valence-corrected chi connectivity index (χ3v) is 6.70. The number of carbonyl (C=O) groups excluding carboxylic acids is 2. The van der Waals surface area contributed by atoms with Gasteiger partial charge in [0, 0.05) is 13.6 Å². The van der Waals surface area contributed by atoms with Crippen molar-refractivity contribution in [3.8, 4) is 0 Å². The van der Waals surface area contributed by atoms with Crippen molar-refractivity contribution in [2.24, 2.45) is 0 Å². The maximum absolute atomic E-state index is 13.3. The van der Waals surface area contributed by atoms with E-state index in [1.807, 2.05) is 31.2 Å². The van der Waals surface area contributed by atoms with Crippen molar-refractivity contribution < 1.29 is 18.0 Å². The van der Waals surface area contributed by atoms with Gasteiger partial charge in [-0.05, 0) is 31.5 Å². The lowest BCUT2D eigenvalue weighted by Gasteiger charge is -2.31. The molecular weight excluding hydrogens is 461 g/mol. The molecule has 168 valence electrons. The topological polar surface area (TPSA) is 86.8 Å². The highest BCUT2D eigenvalue weighted by molar-refractivity contribution is 7.92. The number of nitrogens with zero attached hydrogens (tertiary/aromatic N) is 2. The monoisotopic (exact) mass is 485 g/mol. The largest absolute Gasteiger partial charge is 0.357 e. The second-order valence-corrected chi connectivity index (χ2v) is 9.83. The Bertz CT molecular complexity index is 1060. The minimum atomic E-state index is -3.87. The van der Waals surface area contributed by atoms with Crippen LogP contribution in [0.4, 0.5) is 5.69 Å². The second-order valence-electron chi connectivity index (χ2n) is 7.14. The Balaban J connectivity index is 2.42. The summed E-state index contributed by atoms with van der Waals surface area (Å²) in [7, 11) is -2.40. The van der Waals surface area contributed by atoms with Crippen molar-refractivity contribution in [2.45, 2.75) is 26.4 Å². The van der Waals surface area contributed by atoms with Gasteiger partial charge in [-0.1, -0.05) is 59.1 Å². The number of hydrogen-bond donors (Lipinski definition) is 1. The number of sulfonamides is 1. The van der Waals surface area contributed by atoms with Crippen LogP contribution in [-0.4, -0.2) is 51.0 Å². The molecule has 0 spiro atoms. The van der Waals surface area contributed by atoms with Crippen LogP contribution in [0.2, 0.25) is 10.0 Å². The van der Waals surface area contributed by atoms with Gasteiger partial charge < -0.3 is 10.2 Å². The quantitative estimate of drug-likeness (QED) is 0.621. The minimum absolute atomic E-state index is 0.0202. The maximum Gasteiger partial charge on any atom is 0.244 e. The van der Waals surface area contributed by atoms with Gasteiger partial charge >= 0.3 is 0 Å². The molecule has 1 atom stereocenters. The number of nitrogens with one attached hydrogen (secondary N) is 1. The van der Waals surface area contributed by atoms with E-state index in [1.165, 1.54) is 24.1 Å². The Morgan fingerprint density at radius 2 is 1.71 bits per heavy atom. The second kappa shape index (κ2) is 10.3. The Kier molecular flexibility index (Phi) is 8.34. The summed E-state index contributed by atoms with van der Waals surface area (Å²) in [6.07, 6.45) is 0.976. The zero-order valence-electron chi connectivity index (χ0n) is 17.7. The lowest BCUT2D eigenvalue weighted by atomic mass is 10.1. The van der Waals surface area contributed by atoms with E-state index >= 15 is 0 Å². The molecule has 7 nitrogen and oxygen atoms in total. The summed E-state index contributed by atoms with van der Waals surface area (Å²) in [4.78, 5) is 26.9. The van der Waals surface area contributed by atoms with Gasteiger partial charge in [0.2, 0.25) is 21.8 Å². The fraction of sp³-hybridized carbons (Fsp3) is 0.333. The molecule has 31 heavy (non-hydrogen) atoms. The smallest absolute Gasteiger partial charge is 0.244 e. The number of halogens is 2. The first kappa shape index (κ1) is 25.0. The van der Waals surface area contributed by atoms with Gasteiger partial charge in [-0.15, -0.1) is 0 Å². The van der Waals surface area contributed by atoms with Gasteiger partial charge in [0.05, 0.1) is 22.0 Å². The summed E-state index contributed by atoms with van der Waals surface area (Å²) >= 11 is 12.2. The first-order chi connectivity index (χ1) is 14.5. The number of benzene rings is 2. The lowest BCUT2D eigenvalue weighted by molar-refractivity contribution is -0.139. The summed E-state index contributed by atoms with van der Waals surface area (Å²) < 4.78 is 25.9. The Labute approximate surface area is 193 Å². The Morgan fingerprint density at radius 1 is 1.10 bits per heavy atom.